The molecule has 3 aromatic heterocycles. The summed E-state index contributed by atoms with van der Waals surface area (Å²) in [6.07, 6.45) is 5.60. The fourth-order valence-electron chi connectivity index (χ4n) is 4.65. The molecule has 1 aromatic carbocycles. The van der Waals surface area contributed by atoms with E-state index in [-0.39, 0.29) is 12.5 Å². The van der Waals surface area contributed by atoms with Gasteiger partial charge in [0.05, 0.1) is 23.6 Å². The van der Waals surface area contributed by atoms with E-state index in [2.05, 4.69) is 35.4 Å². The Labute approximate surface area is 265 Å². The summed E-state index contributed by atoms with van der Waals surface area (Å²) in [4.78, 5) is 43.0. The Hall–Kier alpha value is -4.67. The first-order chi connectivity index (χ1) is 21.7. The quantitative estimate of drug-likeness (QED) is 0.192. The van der Waals surface area contributed by atoms with Crippen LogP contribution in [-0.4, -0.2) is 68.5 Å². The van der Waals surface area contributed by atoms with Crippen LogP contribution >= 0.6 is 0 Å². The zero-order valence-corrected chi connectivity index (χ0v) is 26.4. The molecule has 0 aliphatic carbocycles. The van der Waals surface area contributed by atoms with Gasteiger partial charge in [0.15, 0.2) is 0 Å². The number of alkyl carbamates (subject to hydrolysis) is 1. The molecule has 0 saturated heterocycles. The fraction of sp³-hybridized carbons (Fsp3) is 0.343. The van der Waals surface area contributed by atoms with Crippen LogP contribution in [0.15, 0.2) is 97.5 Å². The Morgan fingerprint density at radius 2 is 1.22 bits per heavy atom. The number of benzene rings is 1. The lowest BCUT2D eigenvalue weighted by Gasteiger charge is -2.27. The lowest BCUT2D eigenvalue weighted by atomic mass is 10.1. The molecule has 0 aliphatic rings. The third-order valence-electron chi connectivity index (χ3n) is 6.75. The van der Waals surface area contributed by atoms with E-state index in [0.29, 0.717) is 51.4 Å². The van der Waals surface area contributed by atoms with Gasteiger partial charge in [0.1, 0.15) is 5.60 Å². The van der Waals surface area contributed by atoms with E-state index in [1.165, 1.54) is 0 Å². The molecule has 0 aliphatic heterocycles. The number of hydrogen-bond acceptors (Lipinski definition) is 8. The highest BCUT2D eigenvalue weighted by atomic mass is 16.6. The molecule has 3 heterocycles. The minimum absolute atomic E-state index is 0.105. The number of nitrogens with one attached hydrogen (secondary N) is 2. The molecule has 0 bridgehead atoms. The van der Waals surface area contributed by atoms with Gasteiger partial charge in [-0.15, -0.1) is 0 Å². The number of ether oxygens (including phenoxy) is 1. The number of hydrogen-bond donors (Lipinski definition) is 2. The van der Waals surface area contributed by atoms with Gasteiger partial charge >= 0.3 is 6.09 Å². The Morgan fingerprint density at radius 3 is 1.71 bits per heavy atom. The predicted molar refractivity (Wildman–Crippen MR) is 175 cm³/mol. The van der Waals surface area contributed by atoms with Gasteiger partial charge in [-0.25, -0.2) is 4.79 Å². The molecule has 2 amide bonds. The zero-order chi connectivity index (χ0) is 31.9. The monoisotopic (exact) mass is 609 g/mol. The molecule has 0 fully saturated rings. The molecule has 2 N–H and O–H groups in total. The van der Waals surface area contributed by atoms with Crippen molar-refractivity contribution in [3.8, 4) is 0 Å². The highest BCUT2D eigenvalue weighted by Gasteiger charge is 2.17. The van der Waals surface area contributed by atoms with E-state index in [9.17, 15) is 9.59 Å². The van der Waals surface area contributed by atoms with Crippen molar-refractivity contribution in [2.24, 2.45) is 0 Å². The number of rotatable bonds is 15. The van der Waals surface area contributed by atoms with E-state index in [1.807, 2.05) is 99.6 Å². The Bertz CT molecular complexity index is 1410. The first kappa shape index (κ1) is 33.2. The molecular formula is C35H43N7O3. The highest BCUT2D eigenvalue weighted by Crippen LogP contribution is 2.12. The molecular weight excluding hydrogens is 566 g/mol. The lowest BCUT2D eigenvalue weighted by Crippen LogP contribution is -2.39. The van der Waals surface area contributed by atoms with Crippen LogP contribution in [-0.2, 0) is 35.6 Å². The molecule has 236 valence electrons. The standard InChI is InChI=1S/C35H43N7O3/c1-35(2,3)45-34(44)39-21-17-28-13-15-29(16-14-28)40-33(43)27-42(26-32-12-6-9-20-38-32)23-22-41(24-30-10-4-7-18-36-30)25-31-11-5-8-19-37-31/h4-16,18-20H,17,21-27H2,1-3H3,(H,39,44)(H,40,43). The Balaban J connectivity index is 1.34. The maximum absolute atomic E-state index is 13.2. The SMILES string of the molecule is CC(C)(C)OC(=O)NCCc1ccc(NC(=O)CN(CCN(Cc2ccccn2)Cc2ccccn2)Cc2ccccn2)cc1. The number of aromatic nitrogens is 3. The number of anilines is 1. The van der Waals surface area contributed by atoms with Gasteiger partial charge in [-0.2, -0.15) is 0 Å². The molecule has 0 atom stereocenters. The number of carbonyl (C=O) groups is 2. The summed E-state index contributed by atoms with van der Waals surface area (Å²) in [5.41, 5.74) is 4.08. The van der Waals surface area contributed by atoms with Crippen LogP contribution in [0.1, 0.15) is 43.4 Å². The average Bonchev–Trinajstić information content (AvgIpc) is 3.01. The molecule has 10 heteroatoms. The van der Waals surface area contributed by atoms with Gasteiger partial charge in [-0.3, -0.25) is 29.5 Å². The van der Waals surface area contributed by atoms with Gasteiger partial charge in [0, 0.05) is 63.5 Å². The maximum Gasteiger partial charge on any atom is 0.407 e. The highest BCUT2D eigenvalue weighted by molar-refractivity contribution is 5.92. The van der Waals surface area contributed by atoms with E-state index in [1.54, 1.807) is 18.6 Å². The normalized spacial score (nSPS) is 11.4. The van der Waals surface area contributed by atoms with Gasteiger partial charge in [-0.1, -0.05) is 30.3 Å². The first-order valence-electron chi connectivity index (χ1n) is 15.2. The lowest BCUT2D eigenvalue weighted by molar-refractivity contribution is -0.117. The minimum Gasteiger partial charge on any atom is -0.444 e. The van der Waals surface area contributed by atoms with Gasteiger partial charge < -0.3 is 15.4 Å². The smallest absolute Gasteiger partial charge is 0.407 e. The van der Waals surface area contributed by atoms with Crippen molar-refractivity contribution in [1.82, 2.24) is 30.1 Å². The number of nitrogens with zero attached hydrogens (tertiary/aromatic N) is 5. The van der Waals surface area contributed by atoms with Crippen molar-refractivity contribution >= 4 is 17.7 Å². The van der Waals surface area contributed by atoms with Crippen LogP contribution < -0.4 is 10.6 Å². The molecule has 10 nitrogen and oxygen atoms in total. The van der Waals surface area contributed by atoms with E-state index in [4.69, 9.17) is 4.74 Å². The molecule has 45 heavy (non-hydrogen) atoms. The van der Waals surface area contributed by atoms with Crippen molar-refractivity contribution in [1.29, 1.82) is 0 Å². The average molecular weight is 610 g/mol. The van der Waals surface area contributed by atoms with E-state index in [0.717, 1.165) is 22.6 Å². The van der Waals surface area contributed by atoms with Crippen LogP contribution in [0.2, 0.25) is 0 Å². The fourth-order valence-corrected chi connectivity index (χ4v) is 4.65. The number of carbonyl (C=O) groups excluding carboxylic acids is 2. The minimum atomic E-state index is -0.532. The van der Waals surface area contributed by atoms with Crippen LogP contribution in [0.25, 0.3) is 0 Å². The van der Waals surface area contributed by atoms with Crippen molar-refractivity contribution in [3.05, 3.63) is 120 Å². The largest absolute Gasteiger partial charge is 0.444 e. The molecule has 0 saturated carbocycles. The van der Waals surface area contributed by atoms with Gasteiger partial charge in [0.2, 0.25) is 5.91 Å². The second-order valence-corrected chi connectivity index (χ2v) is 11.8. The molecule has 0 spiro atoms. The number of pyridine rings is 3. The predicted octanol–water partition coefficient (Wildman–Crippen LogP) is 5.08. The topological polar surface area (TPSA) is 113 Å². The van der Waals surface area contributed by atoms with E-state index >= 15 is 0 Å². The summed E-state index contributed by atoms with van der Waals surface area (Å²) >= 11 is 0. The Morgan fingerprint density at radius 1 is 0.711 bits per heavy atom. The number of amides is 2. The summed E-state index contributed by atoms with van der Waals surface area (Å²) in [7, 11) is 0. The molecule has 0 unspecified atom stereocenters. The van der Waals surface area contributed by atoms with Crippen LogP contribution in [0.4, 0.5) is 10.5 Å². The van der Waals surface area contributed by atoms with Crippen LogP contribution in [0, 0.1) is 0 Å². The van der Waals surface area contributed by atoms with E-state index < -0.39 is 11.7 Å². The summed E-state index contributed by atoms with van der Waals surface area (Å²) in [6.45, 7) is 9.39. The summed E-state index contributed by atoms with van der Waals surface area (Å²) in [5, 5.41) is 5.80. The van der Waals surface area contributed by atoms with Crippen LogP contribution in [0.5, 0.6) is 0 Å². The van der Waals surface area contributed by atoms with Gasteiger partial charge in [0.25, 0.3) is 0 Å². The molecule has 0 radical (unpaired) electrons. The second-order valence-electron chi connectivity index (χ2n) is 11.8. The van der Waals surface area contributed by atoms with Crippen molar-refractivity contribution in [3.63, 3.8) is 0 Å². The van der Waals surface area contributed by atoms with Gasteiger partial charge in [-0.05, 0) is 81.3 Å². The summed E-state index contributed by atoms with van der Waals surface area (Å²) < 4.78 is 5.28. The zero-order valence-electron chi connectivity index (χ0n) is 26.4. The third-order valence-corrected chi connectivity index (χ3v) is 6.75. The van der Waals surface area contributed by atoms with Crippen molar-refractivity contribution < 1.29 is 14.3 Å². The van der Waals surface area contributed by atoms with Crippen LogP contribution in [0.3, 0.4) is 0 Å². The molecule has 4 rings (SSSR count). The third kappa shape index (κ3) is 12.8. The molecule has 4 aromatic rings. The first-order valence-corrected chi connectivity index (χ1v) is 15.2. The summed E-state index contributed by atoms with van der Waals surface area (Å²) in [6, 6.07) is 25.3. The van der Waals surface area contributed by atoms with Crippen molar-refractivity contribution in [2.75, 3.05) is 31.5 Å². The maximum atomic E-state index is 13.2. The Kier molecular flexibility index (Phi) is 12.5. The van der Waals surface area contributed by atoms with Crippen molar-refractivity contribution in [2.45, 2.75) is 52.4 Å². The summed E-state index contributed by atoms with van der Waals surface area (Å²) in [5.74, 6) is -0.105. The second kappa shape index (κ2) is 17.0.